The van der Waals surface area contributed by atoms with Crippen molar-refractivity contribution in [2.75, 3.05) is 6.54 Å². The maximum Gasteiger partial charge on any atom is 0.256 e. The molecule has 0 bridgehead atoms. The maximum absolute atomic E-state index is 12.9. The summed E-state index contributed by atoms with van der Waals surface area (Å²) in [4.78, 5) is 27.2. The van der Waals surface area contributed by atoms with Gasteiger partial charge in [0.2, 0.25) is 0 Å². The van der Waals surface area contributed by atoms with Crippen LogP contribution < -0.4 is 0 Å². The molecule has 6 nitrogen and oxygen atoms in total. The molecule has 2 heterocycles. The first-order chi connectivity index (χ1) is 10.7. The molecule has 1 aromatic carbocycles. The highest BCUT2D eigenvalue weighted by molar-refractivity contribution is 5.98. The molecule has 0 spiro atoms. The summed E-state index contributed by atoms with van der Waals surface area (Å²) in [7, 11) is 0. The normalized spacial score (nSPS) is 21.6. The molecule has 0 radical (unpaired) electrons. The van der Waals surface area contributed by atoms with Crippen LogP contribution in [0.25, 0.3) is 5.69 Å². The summed E-state index contributed by atoms with van der Waals surface area (Å²) < 4.78 is 0. The number of carbonyl (C=O) groups excluding carboxylic acids is 2. The van der Waals surface area contributed by atoms with Crippen LogP contribution in [0.1, 0.15) is 30.1 Å². The number of carbonyl (C=O) groups is 2. The van der Waals surface area contributed by atoms with Crippen molar-refractivity contribution < 1.29 is 9.59 Å². The van der Waals surface area contributed by atoms with Crippen molar-refractivity contribution >= 4 is 12.2 Å². The zero-order chi connectivity index (χ0) is 15.5. The minimum absolute atomic E-state index is 0.0739. The number of para-hydroxylation sites is 1. The minimum atomic E-state index is -0.0769. The fourth-order valence-electron chi connectivity index (χ4n) is 2.85. The second-order valence-electron chi connectivity index (χ2n) is 5.62. The molecule has 1 fully saturated rings. The number of hydrogen-bond acceptors (Lipinski definition) is 4. The van der Waals surface area contributed by atoms with Gasteiger partial charge in [-0.05, 0) is 31.9 Å². The van der Waals surface area contributed by atoms with E-state index in [0.29, 0.717) is 17.8 Å². The first-order valence-electron chi connectivity index (χ1n) is 7.42. The average Bonchev–Trinajstić information content (AvgIpc) is 3.09. The fourth-order valence-corrected chi connectivity index (χ4v) is 2.85. The number of rotatable bonds is 3. The van der Waals surface area contributed by atoms with E-state index in [1.165, 1.54) is 4.80 Å². The zero-order valence-corrected chi connectivity index (χ0v) is 12.4. The highest BCUT2D eigenvalue weighted by atomic mass is 16.2. The minimum Gasteiger partial charge on any atom is -0.335 e. The van der Waals surface area contributed by atoms with Crippen LogP contribution in [0.4, 0.5) is 0 Å². The number of amides is 1. The Bertz CT molecular complexity index is 669. The summed E-state index contributed by atoms with van der Waals surface area (Å²) in [5.74, 6) is -0.151. The van der Waals surface area contributed by atoms with E-state index in [-0.39, 0.29) is 17.9 Å². The van der Waals surface area contributed by atoms with Crippen LogP contribution >= 0.6 is 0 Å². The Labute approximate surface area is 128 Å². The fraction of sp³-hybridized carbons (Fsp3) is 0.375. The molecule has 0 saturated carbocycles. The van der Waals surface area contributed by atoms with Crippen LogP contribution in [0.2, 0.25) is 0 Å². The van der Waals surface area contributed by atoms with Gasteiger partial charge in [0.15, 0.2) is 0 Å². The van der Waals surface area contributed by atoms with Crippen molar-refractivity contribution in [1.29, 1.82) is 0 Å². The van der Waals surface area contributed by atoms with E-state index < -0.39 is 0 Å². The lowest BCUT2D eigenvalue weighted by Gasteiger charge is -2.36. The van der Waals surface area contributed by atoms with Crippen LogP contribution in [-0.2, 0) is 4.79 Å². The molecule has 0 N–H and O–H groups in total. The molecule has 1 amide bonds. The van der Waals surface area contributed by atoms with Gasteiger partial charge in [0.1, 0.15) is 6.29 Å². The van der Waals surface area contributed by atoms with E-state index in [0.717, 1.165) is 19.1 Å². The highest BCUT2D eigenvalue weighted by Gasteiger charge is 2.30. The molecule has 0 unspecified atom stereocenters. The van der Waals surface area contributed by atoms with Gasteiger partial charge in [-0.15, -0.1) is 0 Å². The van der Waals surface area contributed by atoms with Gasteiger partial charge in [-0.3, -0.25) is 4.79 Å². The third-order valence-electron chi connectivity index (χ3n) is 4.14. The molecule has 2 aromatic rings. The Balaban J connectivity index is 1.94. The third-order valence-corrected chi connectivity index (χ3v) is 4.14. The lowest BCUT2D eigenvalue weighted by molar-refractivity contribution is -0.112. The van der Waals surface area contributed by atoms with Crippen LogP contribution in [0.15, 0.2) is 36.7 Å². The lowest BCUT2D eigenvalue weighted by atomic mass is 9.94. The number of likely N-dealkylation sites (tertiary alicyclic amines) is 1. The predicted octanol–water partition coefficient (Wildman–Crippen LogP) is 1.71. The number of benzene rings is 1. The number of piperidine rings is 1. The van der Waals surface area contributed by atoms with Gasteiger partial charge in [0.25, 0.3) is 5.91 Å². The standard InChI is InChI=1S/C16H18N4O2/c1-12-6-7-13(11-21)10-19(12)16(22)14-4-2-3-5-15(14)20-17-8-9-18-20/h2-5,8-9,11-13H,6-7,10H2,1H3/t12-,13-/m1/s1. The highest BCUT2D eigenvalue weighted by Crippen LogP contribution is 2.24. The number of aldehydes is 1. The van der Waals surface area contributed by atoms with E-state index >= 15 is 0 Å². The average molecular weight is 298 g/mol. The van der Waals surface area contributed by atoms with Crippen molar-refractivity contribution in [3.05, 3.63) is 42.2 Å². The van der Waals surface area contributed by atoms with Crippen LogP contribution in [0.5, 0.6) is 0 Å². The second kappa shape index (κ2) is 6.09. The molecular weight excluding hydrogens is 280 g/mol. The van der Waals surface area contributed by atoms with Gasteiger partial charge in [0, 0.05) is 18.5 Å². The molecule has 22 heavy (non-hydrogen) atoms. The summed E-state index contributed by atoms with van der Waals surface area (Å²) >= 11 is 0. The summed E-state index contributed by atoms with van der Waals surface area (Å²) in [5.41, 5.74) is 1.20. The molecule has 0 aliphatic carbocycles. The predicted molar refractivity (Wildman–Crippen MR) is 80.6 cm³/mol. The van der Waals surface area contributed by atoms with Gasteiger partial charge in [-0.2, -0.15) is 15.0 Å². The first kappa shape index (κ1) is 14.4. The van der Waals surface area contributed by atoms with Crippen molar-refractivity contribution in [3.63, 3.8) is 0 Å². The van der Waals surface area contributed by atoms with Crippen molar-refractivity contribution in [2.45, 2.75) is 25.8 Å². The van der Waals surface area contributed by atoms with Crippen molar-refractivity contribution in [3.8, 4) is 5.69 Å². The lowest BCUT2D eigenvalue weighted by Crippen LogP contribution is -2.46. The molecular formula is C16H18N4O2. The number of nitrogens with zero attached hydrogens (tertiary/aromatic N) is 4. The molecule has 6 heteroatoms. The quantitative estimate of drug-likeness (QED) is 0.809. The van der Waals surface area contributed by atoms with E-state index in [9.17, 15) is 9.59 Å². The molecule has 1 aliphatic heterocycles. The number of hydrogen-bond donors (Lipinski definition) is 0. The maximum atomic E-state index is 12.9. The molecule has 3 rings (SSSR count). The Morgan fingerprint density at radius 3 is 2.68 bits per heavy atom. The molecule has 1 aromatic heterocycles. The number of aromatic nitrogens is 3. The van der Waals surface area contributed by atoms with Crippen LogP contribution in [0, 0.1) is 5.92 Å². The smallest absolute Gasteiger partial charge is 0.256 e. The van der Waals surface area contributed by atoms with E-state index in [4.69, 9.17) is 0 Å². The third kappa shape index (κ3) is 2.64. The van der Waals surface area contributed by atoms with E-state index in [1.54, 1.807) is 23.4 Å². The van der Waals surface area contributed by atoms with Gasteiger partial charge in [-0.25, -0.2) is 0 Å². The summed E-state index contributed by atoms with van der Waals surface area (Å²) in [6.07, 6.45) is 5.79. The van der Waals surface area contributed by atoms with E-state index in [1.807, 2.05) is 25.1 Å². The van der Waals surface area contributed by atoms with Gasteiger partial charge in [0.05, 0.1) is 23.6 Å². The van der Waals surface area contributed by atoms with Gasteiger partial charge < -0.3 is 9.69 Å². The van der Waals surface area contributed by atoms with Crippen molar-refractivity contribution in [1.82, 2.24) is 19.9 Å². The topological polar surface area (TPSA) is 68.1 Å². The Kier molecular flexibility index (Phi) is 4.00. The van der Waals surface area contributed by atoms with Crippen LogP contribution in [-0.4, -0.2) is 44.7 Å². The van der Waals surface area contributed by atoms with Gasteiger partial charge >= 0.3 is 0 Å². The van der Waals surface area contributed by atoms with Crippen LogP contribution in [0.3, 0.4) is 0 Å². The Hall–Kier alpha value is -2.50. The Morgan fingerprint density at radius 2 is 1.95 bits per heavy atom. The zero-order valence-electron chi connectivity index (χ0n) is 12.4. The van der Waals surface area contributed by atoms with Gasteiger partial charge in [-0.1, -0.05) is 12.1 Å². The first-order valence-corrected chi connectivity index (χ1v) is 7.42. The molecule has 1 aliphatic rings. The largest absolute Gasteiger partial charge is 0.335 e. The SMILES string of the molecule is C[C@@H]1CC[C@@H](C=O)CN1C(=O)c1ccccc1-n1nccn1. The molecule has 2 atom stereocenters. The summed E-state index contributed by atoms with van der Waals surface area (Å²) in [6, 6.07) is 7.40. The molecule has 1 saturated heterocycles. The summed E-state index contributed by atoms with van der Waals surface area (Å²) in [6.45, 7) is 2.50. The Morgan fingerprint density at radius 1 is 1.23 bits per heavy atom. The monoisotopic (exact) mass is 298 g/mol. The van der Waals surface area contributed by atoms with Crippen molar-refractivity contribution in [2.24, 2.45) is 5.92 Å². The molecule has 114 valence electrons. The van der Waals surface area contributed by atoms with E-state index in [2.05, 4.69) is 10.2 Å². The summed E-state index contributed by atoms with van der Waals surface area (Å²) in [5, 5.41) is 8.21. The second-order valence-corrected chi connectivity index (χ2v) is 5.62.